The number of halogens is 1. The van der Waals surface area contributed by atoms with E-state index in [1.807, 2.05) is 0 Å². The molecular formula is C19H22FNO4S2. The summed E-state index contributed by atoms with van der Waals surface area (Å²) in [5.74, 6) is 1.12. The summed E-state index contributed by atoms with van der Waals surface area (Å²) >= 11 is 1.59. The molecule has 0 radical (unpaired) electrons. The van der Waals surface area contributed by atoms with Gasteiger partial charge in [0, 0.05) is 35.7 Å². The molecule has 0 saturated carbocycles. The molecule has 0 aromatic heterocycles. The van der Waals surface area contributed by atoms with Crippen molar-refractivity contribution in [2.24, 2.45) is 0 Å². The first-order valence-corrected chi connectivity index (χ1v) is 11.0. The first-order valence-electron chi connectivity index (χ1n) is 8.55. The maximum atomic E-state index is 14.1. The van der Waals surface area contributed by atoms with Crippen molar-refractivity contribution in [2.45, 2.75) is 16.6 Å². The third kappa shape index (κ3) is 4.23. The average Bonchev–Trinajstić information content (AvgIpc) is 2.94. The fraction of sp³-hybridized carbons (Fsp3) is 0.368. The van der Waals surface area contributed by atoms with Gasteiger partial charge >= 0.3 is 0 Å². The molecule has 27 heavy (non-hydrogen) atoms. The summed E-state index contributed by atoms with van der Waals surface area (Å²) in [6.07, 6.45) is 0.545. The Bertz CT molecular complexity index is 904. The Morgan fingerprint density at radius 2 is 1.89 bits per heavy atom. The number of nitrogens with zero attached hydrogens (tertiary/aromatic N) is 1. The van der Waals surface area contributed by atoms with E-state index in [0.29, 0.717) is 36.6 Å². The molecule has 1 saturated heterocycles. The van der Waals surface area contributed by atoms with Crippen molar-refractivity contribution in [3.05, 3.63) is 53.8 Å². The molecule has 1 heterocycles. The van der Waals surface area contributed by atoms with Crippen LogP contribution in [0.2, 0.25) is 0 Å². The van der Waals surface area contributed by atoms with Gasteiger partial charge in [-0.05, 0) is 24.6 Å². The Morgan fingerprint density at radius 1 is 1.11 bits per heavy atom. The van der Waals surface area contributed by atoms with E-state index in [2.05, 4.69) is 0 Å². The number of sulfonamides is 1. The van der Waals surface area contributed by atoms with Crippen LogP contribution in [-0.4, -0.2) is 45.8 Å². The van der Waals surface area contributed by atoms with Crippen molar-refractivity contribution in [1.82, 2.24) is 4.31 Å². The number of hydrogen-bond acceptors (Lipinski definition) is 5. The standard InChI is InChI=1S/C19H22FNO4S2/c1-24-14-7-8-19(17(13-14)25-2)27(22,23)21-10-9-18(26-12-11-21)15-5-3-4-6-16(15)20/h3-8,13,18H,9-12H2,1-2H3. The Balaban J connectivity index is 1.83. The molecule has 146 valence electrons. The zero-order valence-electron chi connectivity index (χ0n) is 15.2. The van der Waals surface area contributed by atoms with Crippen LogP contribution < -0.4 is 9.47 Å². The average molecular weight is 412 g/mol. The fourth-order valence-corrected chi connectivity index (χ4v) is 6.06. The lowest BCUT2D eigenvalue weighted by Gasteiger charge is -2.21. The van der Waals surface area contributed by atoms with E-state index in [1.54, 1.807) is 42.1 Å². The van der Waals surface area contributed by atoms with Crippen molar-refractivity contribution in [2.75, 3.05) is 33.1 Å². The summed E-state index contributed by atoms with van der Waals surface area (Å²) in [6.45, 7) is 0.691. The lowest BCUT2D eigenvalue weighted by molar-refractivity contribution is 0.380. The summed E-state index contributed by atoms with van der Waals surface area (Å²) in [5.41, 5.74) is 0.628. The molecule has 0 amide bonds. The topological polar surface area (TPSA) is 55.8 Å². The number of benzene rings is 2. The molecule has 3 rings (SSSR count). The normalized spacial score (nSPS) is 18.7. The van der Waals surface area contributed by atoms with E-state index < -0.39 is 10.0 Å². The third-order valence-electron chi connectivity index (χ3n) is 4.54. The van der Waals surface area contributed by atoms with Crippen molar-refractivity contribution >= 4 is 21.8 Å². The summed E-state index contributed by atoms with van der Waals surface area (Å²) < 4.78 is 52.3. The Labute approximate surface area is 163 Å². The van der Waals surface area contributed by atoms with E-state index in [4.69, 9.17) is 9.47 Å². The zero-order valence-corrected chi connectivity index (χ0v) is 16.9. The smallest absolute Gasteiger partial charge is 0.246 e. The van der Waals surface area contributed by atoms with Crippen molar-refractivity contribution < 1.29 is 22.3 Å². The first kappa shape index (κ1) is 20.0. The minimum atomic E-state index is -3.72. The van der Waals surface area contributed by atoms with Crippen LogP contribution in [0.5, 0.6) is 11.5 Å². The monoisotopic (exact) mass is 411 g/mol. The van der Waals surface area contributed by atoms with Crippen molar-refractivity contribution in [3.63, 3.8) is 0 Å². The largest absolute Gasteiger partial charge is 0.497 e. The third-order valence-corrected chi connectivity index (χ3v) is 7.79. The van der Waals surface area contributed by atoms with Crippen LogP contribution in [0.25, 0.3) is 0 Å². The summed E-state index contributed by atoms with van der Waals surface area (Å²) in [6, 6.07) is 11.3. The molecule has 0 bridgehead atoms. The van der Waals surface area contributed by atoms with Gasteiger partial charge in [-0.1, -0.05) is 18.2 Å². The van der Waals surface area contributed by atoms with Crippen LogP contribution in [0.1, 0.15) is 17.2 Å². The maximum Gasteiger partial charge on any atom is 0.246 e. The number of ether oxygens (including phenoxy) is 2. The quantitative estimate of drug-likeness (QED) is 0.751. The lowest BCUT2D eigenvalue weighted by Crippen LogP contribution is -2.33. The van der Waals surface area contributed by atoms with Gasteiger partial charge in [-0.15, -0.1) is 0 Å². The van der Waals surface area contributed by atoms with Crippen LogP contribution in [-0.2, 0) is 10.0 Å². The number of thioether (sulfide) groups is 1. The molecule has 1 aliphatic heterocycles. The predicted molar refractivity (Wildman–Crippen MR) is 105 cm³/mol. The van der Waals surface area contributed by atoms with Gasteiger partial charge in [0.2, 0.25) is 10.0 Å². The SMILES string of the molecule is COc1ccc(S(=O)(=O)N2CCSC(c3ccccc3F)CC2)c(OC)c1. The van der Waals surface area contributed by atoms with Gasteiger partial charge < -0.3 is 9.47 Å². The van der Waals surface area contributed by atoms with Crippen LogP contribution in [0.4, 0.5) is 4.39 Å². The van der Waals surface area contributed by atoms with E-state index in [-0.39, 0.29) is 21.7 Å². The lowest BCUT2D eigenvalue weighted by atomic mass is 10.1. The van der Waals surface area contributed by atoms with Crippen LogP contribution in [0, 0.1) is 5.82 Å². The van der Waals surface area contributed by atoms with Crippen molar-refractivity contribution in [1.29, 1.82) is 0 Å². The molecule has 0 N–H and O–H groups in total. The molecular weight excluding hydrogens is 389 g/mol. The second-order valence-electron chi connectivity index (χ2n) is 6.09. The first-order chi connectivity index (χ1) is 13.0. The number of hydrogen-bond donors (Lipinski definition) is 0. The minimum absolute atomic E-state index is 0.0656. The Morgan fingerprint density at radius 3 is 2.59 bits per heavy atom. The van der Waals surface area contributed by atoms with Gasteiger partial charge in [0.15, 0.2) is 0 Å². The summed E-state index contributed by atoms with van der Waals surface area (Å²) in [5, 5.41) is -0.0656. The number of methoxy groups -OCH3 is 2. The molecule has 1 fully saturated rings. The van der Waals surface area contributed by atoms with Gasteiger partial charge in [-0.2, -0.15) is 16.1 Å². The van der Waals surface area contributed by atoms with Gasteiger partial charge in [0.25, 0.3) is 0 Å². The maximum absolute atomic E-state index is 14.1. The molecule has 8 heteroatoms. The molecule has 0 spiro atoms. The minimum Gasteiger partial charge on any atom is -0.497 e. The number of rotatable bonds is 5. The van der Waals surface area contributed by atoms with Gasteiger partial charge in [0.1, 0.15) is 22.2 Å². The summed E-state index contributed by atoms with van der Waals surface area (Å²) in [7, 11) is -0.781. The molecule has 1 atom stereocenters. The second kappa shape index (κ2) is 8.50. The predicted octanol–water partition coefficient (Wildman–Crippen LogP) is 3.71. The van der Waals surface area contributed by atoms with E-state index in [9.17, 15) is 12.8 Å². The van der Waals surface area contributed by atoms with Crippen molar-refractivity contribution in [3.8, 4) is 11.5 Å². The molecule has 1 unspecified atom stereocenters. The van der Waals surface area contributed by atoms with Crippen LogP contribution >= 0.6 is 11.8 Å². The zero-order chi connectivity index (χ0) is 19.4. The highest BCUT2D eigenvalue weighted by Crippen LogP contribution is 2.38. The van der Waals surface area contributed by atoms with E-state index in [0.717, 1.165) is 0 Å². The fourth-order valence-electron chi connectivity index (χ4n) is 3.10. The molecule has 2 aromatic carbocycles. The highest BCUT2D eigenvalue weighted by Gasteiger charge is 2.31. The van der Waals surface area contributed by atoms with Crippen LogP contribution in [0.15, 0.2) is 47.4 Å². The van der Waals surface area contributed by atoms with Crippen LogP contribution in [0.3, 0.4) is 0 Å². The molecule has 0 aliphatic carbocycles. The van der Waals surface area contributed by atoms with E-state index >= 15 is 0 Å². The Hall–Kier alpha value is -1.77. The molecule has 5 nitrogen and oxygen atoms in total. The van der Waals surface area contributed by atoms with Gasteiger partial charge in [-0.25, -0.2) is 12.8 Å². The molecule has 2 aromatic rings. The highest BCUT2D eigenvalue weighted by atomic mass is 32.2. The highest BCUT2D eigenvalue weighted by molar-refractivity contribution is 7.99. The Kier molecular flexibility index (Phi) is 6.29. The van der Waals surface area contributed by atoms with E-state index in [1.165, 1.54) is 30.7 Å². The second-order valence-corrected chi connectivity index (χ2v) is 9.31. The summed E-state index contributed by atoms with van der Waals surface area (Å²) in [4.78, 5) is 0.111. The van der Waals surface area contributed by atoms with Gasteiger partial charge in [0.05, 0.1) is 14.2 Å². The van der Waals surface area contributed by atoms with Gasteiger partial charge in [-0.3, -0.25) is 0 Å². The molecule has 1 aliphatic rings.